The zero-order valence-corrected chi connectivity index (χ0v) is 13.1. The van der Waals surface area contributed by atoms with E-state index in [1.807, 2.05) is 66.2 Å². The molecule has 0 unspecified atom stereocenters. The summed E-state index contributed by atoms with van der Waals surface area (Å²) in [5, 5.41) is 2.97. The van der Waals surface area contributed by atoms with Gasteiger partial charge in [-0.25, -0.2) is 0 Å². The Hall–Kier alpha value is -2.88. The molecular weight excluding hydrogens is 286 g/mol. The molecule has 0 atom stereocenters. The molecule has 2 heterocycles. The van der Waals surface area contributed by atoms with E-state index >= 15 is 0 Å². The van der Waals surface area contributed by atoms with Gasteiger partial charge in [-0.2, -0.15) is 0 Å². The van der Waals surface area contributed by atoms with Crippen LogP contribution in [-0.2, 0) is 13.1 Å². The highest BCUT2D eigenvalue weighted by Crippen LogP contribution is 2.22. The van der Waals surface area contributed by atoms with Gasteiger partial charge in [-0.15, -0.1) is 0 Å². The molecule has 3 rings (SSSR count). The second-order valence-corrected chi connectivity index (χ2v) is 5.30. The molecule has 4 heteroatoms. The second kappa shape index (κ2) is 6.92. The molecule has 0 saturated heterocycles. The number of carbonyl (C=O) groups is 1. The first-order valence-electron chi connectivity index (χ1n) is 7.70. The Morgan fingerprint density at radius 1 is 1.09 bits per heavy atom. The minimum Gasteiger partial charge on any atom is -0.347 e. The first-order valence-corrected chi connectivity index (χ1v) is 7.70. The highest BCUT2D eigenvalue weighted by molar-refractivity contribution is 5.94. The fourth-order valence-corrected chi connectivity index (χ4v) is 2.52. The predicted molar refractivity (Wildman–Crippen MR) is 90.9 cm³/mol. The zero-order valence-electron chi connectivity index (χ0n) is 13.1. The van der Waals surface area contributed by atoms with Crippen LogP contribution in [0, 0.1) is 0 Å². The lowest BCUT2D eigenvalue weighted by Crippen LogP contribution is -2.25. The van der Waals surface area contributed by atoms with Gasteiger partial charge in [-0.1, -0.05) is 30.3 Å². The molecule has 1 amide bonds. The van der Waals surface area contributed by atoms with E-state index < -0.39 is 0 Å². The number of hydrogen-bond acceptors (Lipinski definition) is 2. The molecule has 1 aromatic carbocycles. The van der Waals surface area contributed by atoms with Gasteiger partial charge < -0.3 is 9.88 Å². The highest BCUT2D eigenvalue weighted by atomic mass is 16.1. The molecule has 0 radical (unpaired) electrons. The molecule has 0 aliphatic heterocycles. The smallest absolute Gasteiger partial charge is 0.268 e. The monoisotopic (exact) mass is 305 g/mol. The van der Waals surface area contributed by atoms with Gasteiger partial charge in [0, 0.05) is 37.2 Å². The summed E-state index contributed by atoms with van der Waals surface area (Å²) in [5.74, 6) is -0.0640. The molecule has 4 nitrogen and oxygen atoms in total. The Kier molecular flexibility index (Phi) is 4.52. The molecule has 0 spiro atoms. The third kappa shape index (κ3) is 3.48. The minimum atomic E-state index is -0.0640. The van der Waals surface area contributed by atoms with Crippen molar-refractivity contribution in [1.29, 1.82) is 0 Å². The minimum absolute atomic E-state index is 0.0640. The number of nitrogens with one attached hydrogen (secondary N) is 1. The van der Waals surface area contributed by atoms with Crippen LogP contribution in [0.3, 0.4) is 0 Å². The van der Waals surface area contributed by atoms with Crippen LogP contribution in [0.4, 0.5) is 0 Å². The van der Waals surface area contributed by atoms with Crippen molar-refractivity contribution in [1.82, 2.24) is 14.9 Å². The lowest BCUT2D eigenvalue weighted by molar-refractivity contribution is 0.0941. The summed E-state index contributed by atoms with van der Waals surface area (Å²) in [7, 11) is 0. The van der Waals surface area contributed by atoms with E-state index in [0.29, 0.717) is 12.2 Å². The number of aryl methyl sites for hydroxylation is 1. The topological polar surface area (TPSA) is 46.9 Å². The normalized spacial score (nSPS) is 10.5. The van der Waals surface area contributed by atoms with Gasteiger partial charge in [0.15, 0.2) is 0 Å². The molecular formula is C19H19N3O. The Labute approximate surface area is 135 Å². The first kappa shape index (κ1) is 15.0. The van der Waals surface area contributed by atoms with Crippen LogP contribution in [0.5, 0.6) is 0 Å². The van der Waals surface area contributed by atoms with E-state index in [9.17, 15) is 4.79 Å². The van der Waals surface area contributed by atoms with E-state index in [1.165, 1.54) is 0 Å². The number of hydrogen-bond donors (Lipinski definition) is 1. The zero-order chi connectivity index (χ0) is 16.1. The van der Waals surface area contributed by atoms with Crippen LogP contribution in [0.25, 0.3) is 11.1 Å². The highest BCUT2D eigenvalue weighted by Gasteiger charge is 2.13. The molecule has 0 bridgehead atoms. The van der Waals surface area contributed by atoms with Crippen molar-refractivity contribution < 1.29 is 4.79 Å². The van der Waals surface area contributed by atoms with Gasteiger partial charge in [0.25, 0.3) is 5.91 Å². The van der Waals surface area contributed by atoms with E-state index in [2.05, 4.69) is 10.3 Å². The molecule has 0 aliphatic carbocycles. The maximum absolute atomic E-state index is 12.5. The number of pyridine rings is 1. The van der Waals surface area contributed by atoms with Gasteiger partial charge in [-0.05, 0) is 36.2 Å². The third-order valence-electron chi connectivity index (χ3n) is 3.78. The van der Waals surface area contributed by atoms with Gasteiger partial charge in [0.05, 0.1) is 0 Å². The average Bonchev–Trinajstić information content (AvgIpc) is 3.06. The lowest BCUT2D eigenvalue weighted by atomic mass is 10.1. The van der Waals surface area contributed by atoms with Crippen LogP contribution in [0.1, 0.15) is 23.0 Å². The molecule has 1 N–H and O–H groups in total. The molecule has 23 heavy (non-hydrogen) atoms. The number of rotatable bonds is 5. The third-order valence-corrected chi connectivity index (χ3v) is 3.78. The van der Waals surface area contributed by atoms with Gasteiger partial charge in [0.2, 0.25) is 0 Å². The van der Waals surface area contributed by atoms with Crippen molar-refractivity contribution >= 4 is 5.91 Å². The Balaban J connectivity index is 1.79. The summed E-state index contributed by atoms with van der Waals surface area (Å²) < 4.78 is 1.98. The van der Waals surface area contributed by atoms with E-state index in [1.54, 1.807) is 12.4 Å². The fourth-order valence-electron chi connectivity index (χ4n) is 2.52. The number of amides is 1. The van der Waals surface area contributed by atoms with E-state index in [4.69, 9.17) is 0 Å². The largest absolute Gasteiger partial charge is 0.347 e. The maximum Gasteiger partial charge on any atom is 0.268 e. The van der Waals surface area contributed by atoms with Gasteiger partial charge in [0.1, 0.15) is 5.69 Å². The quantitative estimate of drug-likeness (QED) is 0.784. The second-order valence-electron chi connectivity index (χ2n) is 5.30. The van der Waals surface area contributed by atoms with Crippen molar-refractivity contribution in [3.63, 3.8) is 0 Å². The molecule has 116 valence electrons. The summed E-state index contributed by atoms with van der Waals surface area (Å²) in [6.07, 6.45) is 5.48. The van der Waals surface area contributed by atoms with Gasteiger partial charge in [-0.3, -0.25) is 9.78 Å². The van der Waals surface area contributed by atoms with Crippen LogP contribution in [-0.4, -0.2) is 15.5 Å². The average molecular weight is 305 g/mol. The van der Waals surface area contributed by atoms with E-state index in [0.717, 1.165) is 23.2 Å². The molecule has 0 fully saturated rings. The van der Waals surface area contributed by atoms with Crippen LogP contribution in [0.15, 0.2) is 67.1 Å². The predicted octanol–water partition coefficient (Wildman–Crippen LogP) is 3.50. The summed E-state index contributed by atoms with van der Waals surface area (Å²) in [4.78, 5) is 16.5. The summed E-state index contributed by atoms with van der Waals surface area (Å²) in [5.41, 5.74) is 3.89. The number of carbonyl (C=O) groups excluding carboxylic acids is 1. The summed E-state index contributed by atoms with van der Waals surface area (Å²) in [6, 6.07) is 15.8. The molecule has 0 saturated carbocycles. The molecule has 0 aliphatic rings. The fraction of sp³-hybridized carbons (Fsp3) is 0.158. The summed E-state index contributed by atoms with van der Waals surface area (Å²) in [6.45, 7) is 3.29. The van der Waals surface area contributed by atoms with Crippen molar-refractivity contribution in [2.45, 2.75) is 20.0 Å². The van der Waals surface area contributed by atoms with Crippen molar-refractivity contribution in [3.05, 3.63) is 78.4 Å². The lowest BCUT2D eigenvalue weighted by Gasteiger charge is -2.07. The maximum atomic E-state index is 12.5. The van der Waals surface area contributed by atoms with Crippen molar-refractivity contribution in [2.24, 2.45) is 0 Å². The number of benzene rings is 1. The Bertz CT molecular complexity index is 779. The number of aromatic nitrogens is 2. The SMILES string of the molecule is CCn1cc(-c2ccccc2)cc1C(=O)NCc1ccncc1. The Morgan fingerprint density at radius 2 is 1.83 bits per heavy atom. The first-order chi connectivity index (χ1) is 11.3. The van der Waals surface area contributed by atoms with Crippen LogP contribution < -0.4 is 5.32 Å². The van der Waals surface area contributed by atoms with E-state index in [-0.39, 0.29) is 5.91 Å². The van der Waals surface area contributed by atoms with Gasteiger partial charge >= 0.3 is 0 Å². The van der Waals surface area contributed by atoms with Crippen LogP contribution in [0.2, 0.25) is 0 Å². The molecule has 2 aromatic heterocycles. The number of nitrogens with zero attached hydrogens (tertiary/aromatic N) is 2. The van der Waals surface area contributed by atoms with Crippen molar-refractivity contribution in [3.8, 4) is 11.1 Å². The van der Waals surface area contributed by atoms with Crippen molar-refractivity contribution in [2.75, 3.05) is 0 Å². The Morgan fingerprint density at radius 3 is 2.52 bits per heavy atom. The summed E-state index contributed by atoms with van der Waals surface area (Å²) >= 11 is 0. The molecule has 3 aromatic rings. The van der Waals surface area contributed by atoms with Crippen LogP contribution >= 0.6 is 0 Å². The standard InChI is InChI=1S/C19H19N3O/c1-2-22-14-17(16-6-4-3-5-7-16)12-18(22)19(23)21-13-15-8-10-20-11-9-15/h3-12,14H,2,13H2,1H3,(H,21,23).